The molecule has 0 bridgehead atoms. The summed E-state index contributed by atoms with van der Waals surface area (Å²) < 4.78 is 0. The SMILES string of the molecule is Cl.O=C(CCC1CCNCC1)NCc1cccc(NC(=O)C2CCCC2)c1. The lowest BCUT2D eigenvalue weighted by molar-refractivity contribution is -0.121. The van der Waals surface area contributed by atoms with E-state index in [0.29, 0.717) is 18.9 Å². The first-order valence-corrected chi connectivity index (χ1v) is 10.1. The second kappa shape index (κ2) is 11.3. The molecule has 1 aliphatic carbocycles. The summed E-state index contributed by atoms with van der Waals surface area (Å²) in [7, 11) is 0. The maximum absolute atomic E-state index is 12.2. The maximum atomic E-state index is 12.2. The van der Waals surface area contributed by atoms with Crippen LogP contribution >= 0.6 is 12.4 Å². The number of nitrogens with one attached hydrogen (secondary N) is 3. The minimum Gasteiger partial charge on any atom is -0.352 e. The molecule has 0 spiro atoms. The van der Waals surface area contributed by atoms with Crippen molar-refractivity contribution in [2.75, 3.05) is 18.4 Å². The molecule has 0 unspecified atom stereocenters. The van der Waals surface area contributed by atoms with E-state index in [4.69, 9.17) is 0 Å². The maximum Gasteiger partial charge on any atom is 0.227 e. The van der Waals surface area contributed by atoms with Gasteiger partial charge in [-0.2, -0.15) is 0 Å². The van der Waals surface area contributed by atoms with E-state index in [2.05, 4.69) is 16.0 Å². The molecule has 1 aliphatic heterocycles. The van der Waals surface area contributed by atoms with Crippen LogP contribution < -0.4 is 16.0 Å². The molecule has 1 aromatic carbocycles. The topological polar surface area (TPSA) is 70.2 Å². The lowest BCUT2D eigenvalue weighted by atomic mass is 9.93. The molecule has 2 aliphatic rings. The van der Waals surface area contributed by atoms with Crippen molar-refractivity contribution in [2.45, 2.75) is 57.9 Å². The average Bonchev–Trinajstić information content (AvgIpc) is 3.21. The van der Waals surface area contributed by atoms with Crippen LogP contribution in [0.3, 0.4) is 0 Å². The van der Waals surface area contributed by atoms with Gasteiger partial charge in [-0.25, -0.2) is 0 Å². The first-order valence-electron chi connectivity index (χ1n) is 10.1. The number of hydrogen-bond acceptors (Lipinski definition) is 3. The van der Waals surface area contributed by atoms with Crippen LogP contribution in [-0.4, -0.2) is 24.9 Å². The van der Waals surface area contributed by atoms with E-state index in [9.17, 15) is 9.59 Å². The highest BCUT2D eigenvalue weighted by atomic mass is 35.5. The quantitative estimate of drug-likeness (QED) is 0.662. The fourth-order valence-electron chi connectivity index (χ4n) is 3.99. The Labute approximate surface area is 168 Å². The Balaban J connectivity index is 0.00000261. The summed E-state index contributed by atoms with van der Waals surface area (Å²) in [4.78, 5) is 24.3. The van der Waals surface area contributed by atoms with Gasteiger partial charge in [0.1, 0.15) is 0 Å². The number of anilines is 1. The normalized spacial score (nSPS) is 17.9. The predicted octanol–water partition coefficient (Wildman–Crippen LogP) is 3.63. The number of carbonyl (C=O) groups is 2. The minimum absolute atomic E-state index is 0. The Morgan fingerprint density at radius 1 is 1.07 bits per heavy atom. The van der Waals surface area contributed by atoms with Gasteiger partial charge in [0, 0.05) is 24.6 Å². The standard InChI is InChI=1S/C21H31N3O2.ClH/c25-20(9-8-16-10-12-22-13-11-16)23-15-17-4-3-7-19(14-17)24-21(26)18-5-1-2-6-18;/h3-4,7,14,16,18,22H,1-2,5-6,8-13,15H2,(H,23,25)(H,24,26);1H. The van der Waals surface area contributed by atoms with Crippen molar-refractivity contribution in [3.05, 3.63) is 29.8 Å². The van der Waals surface area contributed by atoms with Gasteiger partial charge < -0.3 is 16.0 Å². The van der Waals surface area contributed by atoms with Gasteiger partial charge in [-0.15, -0.1) is 12.4 Å². The van der Waals surface area contributed by atoms with Gasteiger partial charge in [-0.05, 0) is 68.8 Å². The summed E-state index contributed by atoms with van der Waals surface area (Å²) >= 11 is 0. The molecular weight excluding hydrogens is 362 g/mol. The molecule has 1 saturated heterocycles. The Bertz CT molecular complexity index is 611. The Hall–Kier alpha value is -1.59. The second-order valence-corrected chi connectivity index (χ2v) is 7.68. The monoisotopic (exact) mass is 393 g/mol. The van der Waals surface area contributed by atoms with Gasteiger partial charge in [0.15, 0.2) is 0 Å². The van der Waals surface area contributed by atoms with Crippen molar-refractivity contribution in [1.29, 1.82) is 0 Å². The molecule has 0 radical (unpaired) electrons. The lowest BCUT2D eigenvalue weighted by Crippen LogP contribution is -2.29. The Morgan fingerprint density at radius 3 is 2.56 bits per heavy atom. The number of amides is 2. The number of rotatable bonds is 7. The summed E-state index contributed by atoms with van der Waals surface area (Å²) in [5, 5.41) is 9.38. The van der Waals surface area contributed by atoms with E-state index >= 15 is 0 Å². The third-order valence-electron chi connectivity index (χ3n) is 5.65. The molecule has 2 fully saturated rings. The first-order chi connectivity index (χ1) is 12.7. The van der Waals surface area contributed by atoms with Crippen LogP contribution in [0.4, 0.5) is 5.69 Å². The van der Waals surface area contributed by atoms with E-state index in [1.54, 1.807) is 0 Å². The van der Waals surface area contributed by atoms with Crippen LogP contribution in [0.25, 0.3) is 0 Å². The van der Waals surface area contributed by atoms with Gasteiger partial charge in [0.25, 0.3) is 0 Å². The highest BCUT2D eigenvalue weighted by Crippen LogP contribution is 2.26. The fourth-order valence-corrected chi connectivity index (χ4v) is 3.99. The molecule has 1 aromatic rings. The van der Waals surface area contributed by atoms with E-state index in [1.165, 1.54) is 12.8 Å². The van der Waals surface area contributed by atoms with Crippen LogP contribution in [0.5, 0.6) is 0 Å². The molecule has 150 valence electrons. The molecular formula is C21H32ClN3O2. The van der Waals surface area contributed by atoms with Gasteiger partial charge in [0.2, 0.25) is 11.8 Å². The van der Waals surface area contributed by atoms with Crippen molar-refractivity contribution in [3.8, 4) is 0 Å². The number of halogens is 1. The van der Waals surface area contributed by atoms with Gasteiger partial charge in [0.05, 0.1) is 0 Å². The molecule has 0 atom stereocenters. The van der Waals surface area contributed by atoms with Crippen LogP contribution in [-0.2, 0) is 16.1 Å². The summed E-state index contributed by atoms with van der Waals surface area (Å²) in [6.07, 6.45) is 8.24. The van der Waals surface area contributed by atoms with E-state index < -0.39 is 0 Å². The molecule has 0 aromatic heterocycles. The summed E-state index contributed by atoms with van der Waals surface area (Å²) in [5.74, 6) is 1.08. The zero-order chi connectivity index (χ0) is 18.2. The van der Waals surface area contributed by atoms with Crippen LogP contribution in [0.2, 0.25) is 0 Å². The second-order valence-electron chi connectivity index (χ2n) is 7.68. The van der Waals surface area contributed by atoms with Crippen LogP contribution in [0, 0.1) is 11.8 Å². The number of hydrogen-bond donors (Lipinski definition) is 3. The number of piperidine rings is 1. The third kappa shape index (κ3) is 7.15. The van der Waals surface area contributed by atoms with Crippen molar-refractivity contribution >= 4 is 29.9 Å². The third-order valence-corrected chi connectivity index (χ3v) is 5.65. The highest BCUT2D eigenvalue weighted by molar-refractivity contribution is 5.92. The van der Waals surface area contributed by atoms with E-state index in [1.807, 2.05) is 24.3 Å². The Morgan fingerprint density at radius 2 is 1.81 bits per heavy atom. The predicted molar refractivity (Wildman–Crippen MR) is 111 cm³/mol. The van der Waals surface area contributed by atoms with Gasteiger partial charge in [-0.1, -0.05) is 25.0 Å². The molecule has 2 amide bonds. The summed E-state index contributed by atoms with van der Waals surface area (Å²) in [6.45, 7) is 2.66. The molecule has 6 heteroatoms. The lowest BCUT2D eigenvalue weighted by Gasteiger charge is -2.22. The fraction of sp³-hybridized carbons (Fsp3) is 0.619. The van der Waals surface area contributed by atoms with Crippen molar-refractivity contribution in [2.24, 2.45) is 11.8 Å². The smallest absolute Gasteiger partial charge is 0.227 e. The van der Waals surface area contributed by atoms with Crippen LogP contribution in [0.1, 0.15) is 56.9 Å². The zero-order valence-electron chi connectivity index (χ0n) is 16.0. The molecule has 5 nitrogen and oxygen atoms in total. The molecule has 3 rings (SSSR count). The highest BCUT2D eigenvalue weighted by Gasteiger charge is 2.22. The molecule has 1 saturated carbocycles. The van der Waals surface area contributed by atoms with Crippen molar-refractivity contribution in [1.82, 2.24) is 10.6 Å². The summed E-state index contributed by atoms with van der Waals surface area (Å²) in [5.41, 5.74) is 1.84. The van der Waals surface area contributed by atoms with Crippen LogP contribution in [0.15, 0.2) is 24.3 Å². The molecule has 3 N–H and O–H groups in total. The van der Waals surface area contributed by atoms with E-state index in [0.717, 1.165) is 56.4 Å². The largest absolute Gasteiger partial charge is 0.352 e. The number of benzene rings is 1. The molecule has 27 heavy (non-hydrogen) atoms. The number of carbonyl (C=O) groups excluding carboxylic acids is 2. The van der Waals surface area contributed by atoms with Crippen molar-refractivity contribution in [3.63, 3.8) is 0 Å². The van der Waals surface area contributed by atoms with Gasteiger partial charge >= 0.3 is 0 Å². The first kappa shape index (κ1) is 21.7. The Kier molecular flexibility index (Phi) is 9.08. The minimum atomic E-state index is 0. The van der Waals surface area contributed by atoms with Crippen molar-refractivity contribution < 1.29 is 9.59 Å². The summed E-state index contributed by atoms with van der Waals surface area (Å²) in [6, 6.07) is 7.79. The molecule has 1 heterocycles. The van der Waals surface area contributed by atoms with Gasteiger partial charge in [-0.3, -0.25) is 9.59 Å². The zero-order valence-corrected chi connectivity index (χ0v) is 16.8. The average molecular weight is 394 g/mol. The van der Waals surface area contributed by atoms with E-state index in [-0.39, 0.29) is 30.1 Å².